The van der Waals surface area contributed by atoms with Gasteiger partial charge < -0.3 is 15.4 Å². The Bertz CT molecular complexity index is 614. The molecule has 2 amide bonds. The maximum atomic E-state index is 11.7. The summed E-state index contributed by atoms with van der Waals surface area (Å²) in [5, 5.41) is 6.01. The molecule has 0 aliphatic rings. The number of amides is 2. The lowest BCUT2D eigenvalue weighted by Crippen LogP contribution is -2.32. The smallest absolute Gasteiger partial charge is 0.319 e. The zero-order chi connectivity index (χ0) is 15.8. The highest BCUT2D eigenvalue weighted by molar-refractivity contribution is 6.30. The zero-order valence-electron chi connectivity index (χ0n) is 12.4. The van der Waals surface area contributed by atoms with Crippen LogP contribution >= 0.6 is 11.6 Å². The number of anilines is 1. The lowest BCUT2D eigenvalue weighted by Gasteiger charge is -2.09. The van der Waals surface area contributed by atoms with E-state index in [2.05, 4.69) is 17.6 Å². The second-order valence-electron chi connectivity index (χ2n) is 4.74. The summed E-state index contributed by atoms with van der Waals surface area (Å²) in [6.07, 6.45) is 1.01. The van der Waals surface area contributed by atoms with Crippen LogP contribution in [0.4, 0.5) is 10.5 Å². The molecule has 116 valence electrons. The highest BCUT2D eigenvalue weighted by atomic mass is 35.5. The first-order chi connectivity index (χ1) is 10.7. The molecular weight excluding hydrogens is 300 g/mol. The zero-order valence-corrected chi connectivity index (χ0v) is 13.2. The topological polar surface area (TPSA) is 50.4 Å². The molecule has 0 spiro atoms. The minimum atomic E-state index is -0.285. The number of halogens is 1. The van der Waals surface area contributed by atoms with Crippen LogP contribution in [0.5, 0.6) is 5.75 Å². The van der Waals surface area contributed by atoms with E-state index in [0.717, 1.165) is 12.2 Å². The van der Waals surface area contributed by atoms with Gasteiger partial charge in [0, 0.05) is 10.7 Å². The van der Waals surface area contributed by atoms with E-state index < -0.39 is 0 Å². The van der Waals surface area contributed by atoms with Gasteiger partial charge in [-0.05, 0) is 42.3 Å². The molecule has 0 unspecified atom stereocenters. The van der Waals surface area contributed by atoms with E-state index in [1.54, 1.807) is 24.3 Å². The molecule has 0 heterocycles. The molecule has 0 fully saturated rings. The summed E-state index contributed by atoms with van der Waals surface area (Å²) in [6.45, 7) is 2.94. The molecule has 0 atom stereocenters. The quantitative estimate of drug-likeness (QED) is 0.788. The Balaban J connectivity index is 1.68. The van der Waals surface area contributed by atoms with Crippen molar-refractivity contribution in [1.82, 2.24) is 5.32 Å². The molecule has 2 aromatic rings. The average Bonchev–Trinajstić information content (AvgIpc) is 2.52. The van der Waals surface area contributed by atoms with Crippen LogP contribution in [-0.2, 0) is 6.42 Å². The summed E-state index contributed by atoms with van der Waals surface area (Å²) in [5.74, 6) is 0.800. The Morgan fingerprint density at radius 1 is 1.18 bits per heavy atom. The van der Waals surface area contributed by atoms with Crippen LogP contribution < -0.4 is 15.4 Å². The van der Waals surface area contributed by atoms with Gasteiger partial charge in [0.1, 0.15) is 12.4 Å². The van der Waals surface area contributed by atoms with E-state index in [0.29, 0.717) is 23.9 Å². The molecule has 0 saturated heterocycles. The fourth-order valence-corrected chi connectivity index (χ4v) is 2.09. The third-order valence-corrected chi connectivity index (χ3v) is 3.31. The standard InChI is InChI=1S/C17H19ClN2O2/c1-2-13-6-8-16(9-7-13)22-11-10-19-17(21)20-15-5-3-4-14(18)12-15/h3-9,12H,2,10-11H2,1H3,(H2,19,20,21). The number of aryl methyl sites for hydroxylation is 1. The Labute approximate surface area is 135 Å². The summed E-state index contributed by atoms with van der Waals surface area (Å²) < 4.78 is 5.56. The summed E-state index contributed by atoms with van der Waals surface area (Å²) in [6, 6.07) is 14.7. The van der Waals surface area contributed by atoms with Crippen molar-refractivity contribution >= 4 is 23.3 Å². The first-order valence-electron chi connectivity index (χ1n) is 7.19. The number of carbonyl (C=O) groups excluding carboxylic acids is 1. The van der Waals surface area contributed by atoms with Gasteiger partial charge in [0.25, 0.3) is 0 Å². The number of rotatable bonds is 6. The van der Waals surface area contributed by atoms with Crippen LogP contribution in [0.1, 0.15) is 12.5 Å². The summed E-state index contributed by atoms with van der Waals surface area (Å²) in [5.41, 5.74) is 1.92. The van der Waals surface area contributed by atoms with Crippen LogP contribution in [0.25, 0.3) is 0 Å². The molecule has 0 aliphatic heterocycles. The first-order valence-corrected chi connectivity index (χ1v) is 7.57. The van der Waals surface area contributed by atoms with Crippen molar-refractivity contribution < 1.29 is 9.53 Å². The second kappa shape index (κ2) is 8.29. The molecule has 0 bridgehead atoms. The highest BCUT2D eigenvalue weighted by Gasteiger charge is 2.01. The van der Waals surface area contributed by atoms with Crippen molar-refractivity contribution in [2.45, 2.75) is 13.3 Å². The lowest BCUT2D eigenvalue weighted by molar-refractivity contribution is 0.247. The number of benzene rings is 2. The van der Waals surface area contributed by atoms with E-state index in [1.807, 2.05) is 24.3 Å². The predicted molar refractivity (Wildman–Crippen MR) is 89.8 cm³/mol. The lowest BCUT2D eigenvalue weighted by atomic mass is 10.2. The van der Waals surface area contributed by atoms with Gasteiger partial charge in [-0.2, -0.15) is 0 Å². The highest BCUT2D eigenvalue weighted by Crippen LogP contribution is 2.14. The maximum Gasteiger partial charge on any atom is 0.319 e. The van der Waals surface area contributed by atoms with Gasteiger partial charge in [0.2, 0.25) is 0 Å². The monoisotopic (exact) mass is 318 g/mol. The fourth-order valence-electron chi connectivity index (χ4n) is 1.90. The van der Waals surface area contributed by atoms with Crippen molar-refractivity contribution in [2.75, 3.05) is 18.5 Å². The first kappa shape index (κ1) is 16.2. The molecule has 22 heavy (non-hydrogen) atoms. The number of nitrogens with one attached hydrogen (secondary N) is 2. The molecule has 2 rings (SSSR count). The van der Waals surface area contributed by atoms with Crippen molar-refractivity contribution in [1.29, 1.82) is 0 Å². The molecule has 0 aromatic heterocycles. The maximum absolute atomic E-state index is 11.7. The van der Waals surface area contributed by atoms with Crippen LogP contribution in [-0.4, -0.2) is 19.2 Å². The summed E-state index contributed by atoms with van der Waals surface area (Å²) in [7, 11) is 0. The number of hydrogen-bond acceptors (Lipinski definition) is 2. The fraction of sp³-hybridized carbons (Fsp3) is 0.235. The van der Waals surface area contributed by atoms with Crippen molar-refractivity contribution in [3.05, 3.63) is 59.1 Å². The predicted octanol–water partition coefficient (Wildman–Crippen LogP) is 4.10. The van der Waals surface area contributed by atoms with E-state index >= 15 is 0 Å². The van der Waals surface area contributed by atoms with Crippen LogP contribution in [0.15, 0.2) is 48.5 Å². The van der Waals surface area contributed by atoms with E-state index in [9.17, 15) is 4.79 Å². The van der Waals surface area contributed by atoms with E-state index in [4.69, 9.17) is 16.3 Å². The summed E-state index contributed by atoms with van der Waals surface area (Å²) >= 11 is 5.85. The molecule has 0 aliphatic carbocycles. The molecular formula is C17H19ClN2O2. The molecule has 0 saturated carbocycles. The van der Waals surface area contributed by atoms with Gasteiger partial charge in [-0.1, -0.05) is 36.7 Å². The third-order valence-electron chi connectivity index (χ3n) is 3.07. The Kier molecular flexibility index (Phi) is 6.10. The van der Waals surface area contributed by atoms with Gasteiger partial charge in [0.05, 0.1) is 6.54 Å². The van der Waals surface area contributed by atoms with Gasteiger partial charge in [-0.3, -0.25) is 0 Å². The van der Waals surface area contributed by atoms with E-state index in [1.165, 1.54) is 5.56 Å². The molecule has 5 heteroatoms. The number of urea groups is 1. The van der Waals surface area contributed by atoms with Crippen LogP contribution in [0.2, 0.25) is 5.02 Å². The van der Waals surface area contributed by atoms with Gasteiger partial charge in [0.15, 0.2) is 0 Å². The van der Waals surface area contributed by atoms with Gasteiger partial charge in [-0.15, -0.1) is 0 Å². The summed E-state index contributed by atoms with van der Waals surface area (Å²) in [4.78, 5) is 11.7. The third kappa shape index (κ3) is 5.30. The van der Waals surface area contributed by atoms with E-state index in [-0.39, 0.29) is 6.03 Å². The normalized spacial score (nSPS) is 10.1. The molecule has 2 N–H and O–H groups in total. The largest absolute Gasteiger partial charge is 0.492 e. The van der Waals surface area contributed by atoms with Crippen molar-refractivity contribution in [2.24, 2.45) is 0 Å². The Hall–Kier alpha value is -2.20. The minimum Gasteiger partial charge on any atom is -0.492 e. The molecule has 2 aromatic carbocycles. The van der Waals surface area contributed by atoms with Gasteiger partial charge >= 0.3 is 6.03 Å². The van der Waals surface area contributed by atoms with Crippen LogP contribution in [0, 0.1) is 0 Å². The Morgan fingerprint density at radius 2 is 1.95 bits per heavy atom. The average molecular weight is 319 g/mol. The molecule has 4 nitrogen and oxygen atoms in total. The van der Waals surface area contributed by atoms with Crippen molar-refractivity contribution in [3.8, 4) is 5.75 Å². The second-order valence-corrected chi connectivity index (χ2v) is 5.17. The minimum absolute atomic E-state index is 0.285. The van der Waals surface area contributed by atoms with Crippen LogP contribution in [0.3, 0.4) is 0 Å². The van der Waals surface area contributed by atoms with Gasteiger partial charge in [-0.25, -0.2) is 4.79 Å². The SMILES string of the molecule is CCc1ccc(OCCNC(=O)Nc2cccc(Cl)c2)cc1. The molecule has 0 radical (unpaired) electrons. The Morgan fingerprint density at radius 3 is 2.64 bits per heavy atom. The number of carbonyl (C=O) groups is 1. The van der Waals surface area contributed by atoms with Crippen molar-refractivity contribution in [3.63, 3.8) is 0 Å². The number of hydrogen-bond donors (Lipinski definition) is 2. The number of ether oxygens (including phenoxy) is 1.